The lowest BCUT2D eigenvalue weighted by atomic mass is 10.1. The fourth-order valence-electron chi connectivity index (χ4n) is 2.29. The van der Waals surface area contributed by atoms with E-state index in [1.54, 1.807) is 0 Å². The quantitative estimate of drug-likeness (QED) is 0.888. The summed E-state index contributed by atoms with van der Waals surface area (Å²) in [5.41, 5.74) is 0. The predicted molar refractivity (Wildman–Crippen MR) is 74.9 cm³/mol. The van der Waals surface area contributed by atoms with E-state index in [0.29, 0.717) is 18.9 Å². The third kappa shape index (κ3) is 3.03. The van der Waals surface area contributed by atoms with Crippen LogP contribution in [0, 0.1) is 11.6 Å². The van der Waals surface area contributed by atoms with Gasteiger partial charge in [0.2, 0.25) is 10.0 Å². The fourth-order valence-corrected chi connectivity index (χ4v) is 4.81. The molecule has 0 spiro atoms. The van der Waals surface area contributed by atoms with Crippen molar-refractivity contribution in [2.24, 2.45) is 0 Å². The standard InChI is InChI=1S/C12H15BrF2N2O2S/c1-17(9-2-4-16-5-3-9)20(18,19)12-10(13)6-8(14)7-11(12)15/h6-7,9,16H,2-5H2,1H3. The van der Waals surface area contributed by atoms with E-state index in [1.807, 2.05) is 0 Å². The number of benzene rings is 1. The molecule has 1 N–H and O–H groups in total. The Hall–Kier alpha value is -0.570. The maximum absolute atomic E-state index is 13.8. The lowest BCUT2D eigenvalue weighted by Gasteiger charge is -2.31. The summed E-state index contributed by atoms with van der Waals surface area (Å²) in [5, 5.41) is 3.14. The first-order valence-electron chi connectivity index (χ1n) is 6.17. The van der Waals surface area contributed by atoms with E-state index in [4.69, 9.17) is 0 Å². The molecule has 20 heavy (non-hydrogen) atoms. The first kappa shape index (κ1) is 15.8. The number of sulfonamides is 1. The van der Waals surface area contributed by atoms with Crippen LogP contribution in [0.25, 0.3) is 0 Å². The normalized spacial score (nSPS) is 17.6. The number of piperidine rings is 1. The highest BCUT2D eigenvalue weighted by atomic mass is 79.9. The molecule has 4 nitrogen and oxygen atoms in total. The topological polar surface area (TPSA) is 49.4 Å². The van der Waals surface area contributed by atoms with E-state index in [9.17, 15) is 17.2 Å². The van der Waals surface area contributed by atoms with Crippen LogP contribution in [0.2, 0.25) is 0 Å². The predicted octanol–water partition coefficient (Wildman–Crippen LogP) is 2.10. The monoisotopic (exact) mass is 368 g/mol. The van der Waals surface area contributed by atoms with Crippen LogP contribution in [0.15, 0.2) is 21.5 Å². The number of rotatable bonds is 3. The molecule has 0 radical (unpaired) electrons. The van der Waals surface area contributed by atoms with Crippen LogP contribution < -0.4 is 5.32 Å². The number of hydrogen-bond acceptors (Lipinski definition) is 3. The molecule has 0 aliphatic carbocycles. The van der Waals surface area contributed by atoms with Crippen molar-refractivity contribution in [3.63, 3.8) is 0 Å². The van der Waals surface area contributed by atoms with Gasteiger partial charge in [0.1, 0.15) is 16.5 Å². The molecule has 1 aromatic rings. The Labute approximate surface area is 125 Å². The molecule has 1 fully saturated rings. The Morgan fingerprint density at radius 2 is 1.90 bits per heavy atom. The van der Waals surface area contributed by atoms with Gasteiger partial charge in [0.25, 0.3) is 0 Å². The van der Waals surface area contributed by atoms with Crippen molar-refractivity contribution >= 4 is 26.0 Å². The van der Waals surface area contributed by atoms with Crippen molar-refractivity contribution in [3.8, 4) is 0 Å². The molecule has 8 heteroatoms. The van der Waals surface area contributed by atoms with E-state index in [1.165, 1.54) is 11.4 Å². The van der Waals surface area contributed by atoms with Gasteiger partial charge in [-0.05, 0) is 47.9 Å². The van der Waals surface area contributed by atoms with Gasteiger partial charge >= 0.3 is 0 Å². The van der Waals surface area contributed by atoms with E-state index in [-0.39, 0.29) is 10.5 Å². The van der Waals surface area contributed by atoms with Crippen LogP contribution >= 0.6 is 15.9 Å². The van der Waals surface area contributed by atoms with Gasteiger partial charge in [0.05, 0.1) is 0 Å². The molecular formula is C12H15BrF2N2O2S. The van der Waals surface area contributed by atoms with E-state index in [2.05, 4.69) is 21.2 Å². The summed E-state index contributed by atoms with van der Waals surface area (Å²) in [6, 6.07) is 1.35. The van der Waals surface area contributed by atoms with Gasteiger partial charge in [0.15, 0.2) is 0 Å². The van der Waals surface area contributed by atoms with Gasteiger partial charge in [-0.1, -0.05) is 0 Å². The average molecular weight is 369 g/mol. The number of halogens is 3. The van der Waals surface area contributed by atoms with Gasteiger partial charge in [-0.2, -0.15) is 4.31 Å². The second-order valence-electron chi connectivity index (χ2n) is 4.70. The maximum Gasteiger partial charge on any atom is 0.247 e. The van der Waals surface area contributed by atoms with Crippen LogP contribution in [0.1, 0.15) is 12.8 Å². The molecular weight excluding hydrogens is 354 g/mol. The minimum atomic E-state index is -4.00. The first-order valence-corrected chi connectivity index (χ1v) is 8.40. The smallest absolute Gasteiger partial charge is 0.247 e. The summed E-state index contributed by atoms with van der Waals surface area (Å²) in [5.74, 6) is -1.91. The lowest BCUT2D eigenvalue weighted by Crippen LogP contribution is -2.44. The van der Waals surface area contributed by atoms with E-state index in [0.717, 1.165) is 19.2 Å². The van der Waals surface area contributed by atoms with Crippen molar-refractivity contribution in [1.29, 1.82) is 0 Å². The van der Waals surface area contributed by atoms with Crippen LogP contribution in [0.3, 0.4) is 0 Å². The molecule has 0 atom stereocenters. The average Bonchev–Trinajstić information content (AvgIpc) is 2.37. The Bertz CT molecular complexity index is 580. The molecule has 1 aromatic carbocycles. The van der Waals surface area contributed by atoms with Crippen LogP contribution in [0.5, 0.6) is 0 Å². The molecule has 0 aromatic heterocycles. The Morgan fingerprint density at radius 1 is 1.30 bits per heavy atom. The van der Waals surface area contributed by atoms with Gasteiger partial charge in [-0.3, -0.25) is 0 Å². The fraction of sp³-hybridized carbons (Fsp3) is 0.500. The molecule has 1 aliphatic rings. The summed E-state index contributed by atoms with van der Waals surface area (Å²) in [6.45, 7) is 1.44. The van der Waals surface area contributed by atoms with Gasteiger partial charge < -0.3 is 5.32 Å². The first-order chi connectivity index (χ1) is 9.34. The summed E-state index contributed by atoms with van der Waals surface area (Å²) in [4.78, 5) is -0.514. The van der Waals surface area contributed by atoms with E-state index < -0.39 is 26.6 Å². The number of nitrogens with one attached hydrogen (secondary N) is 1. The van der Waals surface area contributed by atoms with Crippen LogP contribution in [0.4, 0.5) is 8.78 Å². The second kappa shape index (κ2) is 6.05. The van der Waals surface area contributed by atoms with Crippen molar-refractivity contribution in [2.75, 3.05) is 20.1 Å². The third-order valence-electron chi connectivity index (χ3n) is 3.42. The molecule has 0 amide bonds. The summed E-state index contributed by atoms with van der Waals surface area (Å²) < 4.78 is 53.0. The molecule has 0 saturated carbocycles. The van der Waals surface area contributed by atoms with Crippen molar-refractivity contribution < 1.29 is 17.2 Å². The molecule has 1 aliphatic heterocycles. The van der Waals surface area contributed by atoms with Crippen molar-refractivity contribution in [1.82, 2.24) is 9.62 Å². The second-order valence-corrected chi connectivity index (χ2v) is 7.49. The summed E-state index contributed by atoms with van der Waals surface area (Å²) in [6.07, 6.45) is 1.33. The Kier molecular flexibility index (Phi) is 4.78. The zero-order valence-corrected chi connectivity index (χ0v) is 13.3. The zero-order chi connectivity index (χ0) is 14.9. The minimum Gasteiger partial charge on any atom is -0.317 e. The van der Waals surface area contributed by atoms with Crippen LogP contribution in [-0.4, -0.2) is 38.9 Å². The highest BCUT2D eigenvalue weighted by molar-refractivity contribution is 9.10. The molecule has 0 unspecified atom stereocenters. The van der Waals surface area contributed by atoms with Gasteiger partial charge in [-0.15, -0.1) is 0 Å². The Balaban J connectivity index is 2.39. The lowest BCUT2D eigenvalue weighted by molar-refractivity contribution is 0.295. The maximum atomic E-state index is 13.8. The molecule has 0 bridgehead atoms. The Morgan fingerprint density at radius 3 is 2.45 bits per heavy atom. The SMILES string of the molecule is CN(C1CCNCC1)S(=O)(=O)c1c(F)cc(F)cc1Br. The minimum absolute atomic E-state index is 0.101. The highest BCUT2D eigenvalue weighted by Gasteiger charge is 2.33. The summed E-state index contributed by atoms with van der Waals surface area (Å²) >= 11 is 2.93. The zero-order valence-electron chi connectivity index (χ0n) is 10.9. The van der Waals surface area contributed by atoms with Crippen LogP contribution in [-0.2, 0) is 10.0 Å². The highest BCUT2D eigenvalue weighted by Crippen LogP contribution is 2.30. The van der Waals surface area contributed by atoms with Gasteiger partial charge in [0, 0.05) is 23.6 Å². The molecule has 1 heterocycles. The largest absolute Gasteiger partial charge is 0.317 e. The van der Waals surface area contributed by atoms with Crippen molar-refractivity contribution in [2.45, 2.75) is 23.8 Å². The third-order valence-corrected chi connectivity index (χ3v) is 6.30. The molecule has 112 valence electrons. The molecule has 1 saturated heterocycles. The van der Waals surface area contributed by atoms with Gasteiger partial charge in [-0.25, -0.2) is 17.2 Å². The molecule has 2 rings (SSSR count). The van der Waals surface area contributed by atoms with E-state index >= 15 is 0 Å². The number of nitrogens with zero attached hydrogens (tertiary/aromatic N) is 1. The van der Waals surface area contributed by atoms with Crippen molar-refractivity contribution in [3.05, 3.63) is 28.2 Å². The summed E-state index contributed by atoms with van der Waals surface area (Å²) in [7, 11) is -2.57. The number of hydrogen-bond donors (Lipinski definition) is 1.